The van der Waals surface area contributed by atoms with Crippen molar-refractivity contribution in [2.75, 3.05) is 53.2 Å². The second-order valence-corrected chi connectivity index (χ2v) is 16.4. The first-order valence-electron chi connectivity index (χ1n) is 20.5. The second-order valence-electron chi connectivity index (χ2n) is 15.6. The van der Waals surface area contributed by atoms with Crippen molar-refractivity contribution in [1.82, 2.24) is 10.2 Å². The molecule has 0 spiro atoms. The van der Waals surface area contributed by atoms with Gasteiger partial charge in [0.05, 0.1) is 35.1 Å². The highest BCUT2D eigenvalue weighted by Gasteiger charge is 2.46. The van der Waals surface area contributed by atoms with E-state index < -0.39 is 18.0 Å². The van der Waals surface area contributed by atoms with Gasteiger partial charge >= 0.3 is 11.9 Å². The van der Waals surface area contributed by atoms with Crippen LogP contribution in [-0.2, 0) is 41.6 Å². The minimum Gasteiger partial charge on any atom is -0.493 e. The third-order valence-electron chi connectivity index (χ3n) is 10.9. The van der Waals surface area contributed by atoms with Gasteiger partial charge in [0.2, 0.25) is 5.91 Å². The molecule has 1 aliphatic heterocycles. The molecule has 1 heterocycles. The summed E-state index contributed by atoms with van der Waals surface area (Å²) in [5, 5.41) is 4.42. The van der Waals surface area contributed by atoms with Gasteiger partial charge in [-0.1, -0.05) is 41.4 Å². The molecule has 6 rings (SSSR count). The van der Waals surface area contributed by atoms with Crippen LogP contribution in [0.3, 0.4) is 0 Å². The topological polar surface area (TPSA) is 122 Å². The molecular formula is C45H56Cl2N2O9. The van der Waals surface area contributed by atoms with Gasteiger partial charge in [0.1, 0.15) is 24.7 Å². The Bertz CT molecular complexity index is 1850. The minimum absolute atomic E-state index is 0.000665. The van der Waals surface area contributed by atoms with E-state index in [-0.39, 0.29) is 48.8 Å². The number of methoxy groups -OCH3 is 1. The van der Waals surface area contributed by atoms with Crippen LogP contribution in [0.15, 0.2) is 54.6 Å². The molecule has 1 amide bonds. The average Bonchev–Trinajstić information content (AvgIpc) is 4.15. The Balaban J connectivity index is 1.07. The second kappa shape index (κ2) is 20.8. The maximum atomic E-state index is 14.6. The fraction of sp³-hybridized carbons (Fsp3) is 0.533. The molecule has 13 heteroatoms. The number of carbonyl (C=O) groups excluding carboxylic acids is 3. The van der Waals surface area contributed by atoms with E-state index in [2.05, 4.69) is 28.4 Å². The summed E-state index contributed by atoms with van der Waals surface area (Å²) >= 11 is 12.6. The summed E-state index contributed by atoms with van der Waals surface area (Å²) in [7, 11) is 1.70. The summed E-state index contributed by atoms with van der Waals surface area (Å²) in [4.78, 5) is 41.2. The molecule has 3 aromatic carbocycles. The third kappa shape index (κ3) is 12.0. The van der Waals surface area contributed by atoms with E-state index in [1.54, 1.807) is 14.0 Å². The lowest BCUT2D eigenvalue weighted by Gasteiger charge is -2.36. The van der Waals surface area contributed by atoms with Crippen molar-refractivity contribution < 1.29 is 42.8 Å². The number of esters is 2. The summed E-state index contributed by atoms with van der Waals surface area (Å²) in [6, 6.07) is 18.1. The van der Waals surface area contributed by atoms with Gasteiger partial charge in [-0.15, -0.1) is 0 Å². The average molecular weight is 840 g/mol. The van der Waals surface area contributed by atoms with Crippen LogP contribution in [0.2, 0.25) is 10.0 Å². The lowest BCUT2D eigenvalue weighted by atomic mass is 9.80. The monoisotopic (exact) mass is 838 g/mol. The number of carbonyl (C=O) groups is 3. The molecule has 0 radical (unpaired) electrons. The summed E-state index contributed by atoms with van der Waals surface area (Å²) in [6.07, 6.45) is 4.17. The van der Waals surface area contributed by atoms with Gasteiger partial charge in [-0.2, -0.15) is 0 Å². The number of hydrogen-bond donors (Lipinski definition) is 1. The Morgan fingerprint density at radius 2 is 1.60 bits per heavy atom. The number of ether oxygens (including phenoxy) is 6. The number of halogens is 2. The van der Waals surface area contributed by atoms with E-state index >= 15 is 0 Å². The van der Waals surface area contributed by atoms with Gasteiger partial charge in [0.15, 0.2) is 11.9 Å². The first kappa shape index (κ1) is 43.5. The van der Waals surface area contributed by atoms with Crippen molar-refractivity contribution in [3.8, 4) is 17.2 Å². The van der Waals surface area contributed by atoms with Crippen LogP contribution in [0.5, 0.6) is 17.2 Å². The maximum absolute atomic E-state index is 14.6. The number of nitrogens with one attached hydrogen (secondary N) is 1. The van der Waals surface area contributed by atoms with Crippen molar-refractivity contribution in [2.24, 2.45) is 17.8 Å². The molecule has 0 unspecified atom stereocenters. The van der Waals surface area contributed by atoms with Crippen LogP contribution in [0.25, 0.3) is 0 Å². The van der Waals surface area contributed by atoms with E-state index in [9.17, 15) is 14.4 Å². The molecule has 0 aromatic heterocycles. The van der Waals surface area contributed by atoms with Crippen LogP contribution in [0.1, 0.15) is 74.1 Å². The lowest BCUT2D eigenvalue weighted by molar-refractivity contribution is -0.167. The van der Waals surface area contributed by atoms with E-state index in [4.69, 9.17) is 51.6 Å². The third-order valence-corrected chi connectivity index (χ3v) is 11.5. The number of amides is 1. The molecule has 5 atom stereocenters. The fourth-order valence-electron chi connectivity index (χ4n) is 7.60. The molecule has 2 saturated carbocycles. The van der Waals surface area contributed by atoms with Gasteiger partial charge in [-0.25, -0.2) is 4.79 Å². The predicted molar refractivity (Wildman–Crippen MR) is 222 cm³/mol. The zero-order chi connectivity index (χ0) is 41.2. The number of nitrogens with zero attached hydrogens (tertiary/aromatic N) is 1. The molecule has 3 aromatic rings. The van der Waals surface area contributed by atoms with E-state index in [0.717, 1.165) is 60.9 Å². The Kier molecular flexibility index (Phi) is 15.6. The summed E-state index contributed by atoms with van der Waals surface area (Å²) in [6.45, 7) is 8.91. The fourth-order valence-corrected chi connectivity index (χ4v) is 8.31. The van der Waals surface area contributed by atoms with Crippen LogP contribution in [-0.4, -0.2) is 88.1 Å². The van der Waals surface area contributed by atoms with Gasteiger partial charge in [0.25, 0.3) is 0 Å². The number of hydrogen-bond acceptors (Lipinski definition) is 10. The van der Waals surface area contributed by atoms with Crippen LogP contribution in [0, 0.1) is 24.7 Å². The van der Waals surface area contributed by atoms with E-state index in [0.29, 0.717) is 66.6 Å². The largest absolute Gasteiger partial charge is 0.493 e. The SMILES string of the molecule is CCOC(=O)[C@H](C)OC(=O)[C@@H]1C[C@H]1COc1cc(CCCOC)cc(CN(C(=O)[C@H]2CNCC[C@@H]2c2ccc(OCCOc3c(Cl)cc(C)cc3Cl)cc2)C2CC2)c1. The molecule has 0 bridgehead atoms. The van der Waals surface area contributed by atoms with E-state index in [1.165, 1.54) is 6.92 Å². The highest BCUT2D eigenvalue weighted by atomic mass is 35.5. The van der Waals surface area contributed by atoms with E-state index in [1.807, 2.05) is 43.3 Å². The molecule has 1 saturated heterocycles. The molecule has 3 fully saturated rings. The summed E-state index contributed by atoms with van der Waals surface area (Å²) in [5.41, 5.74) is 4.20. The lowest BCUT2D eigenvalue weighted by Crippen LogP contribution is -2.47. The zero-order valence-corrected chi connectivity index (χ0v) is 35.4. The molecule has 314 valence electrons. The molecular weight excluding hydrogens is 783 g/mol. The van der Waals surface area contributed by atoms with Crippen molar-refractivity contribution >= 4 is 41.0 Å². The number of benzene rings is 3. The van der Waals surface area contributed by atoms with Crippen molar-refractivity contribution in [3.05, 3.63) is 86.9 Å². The summed E-state index contributed by atoms with van der Waals surface area (Å²) in [5.74, 6) is 0.628. The number of aryl methyl sites for hydroxylation is 2. The Labute approximate surface area is 351 Å². The standard InChI is InChI=1S/C45H56Cl2N2O9/c1-5-54-44(51)29(3)58-45(52)38-24-33(38)27-57-36-22-30(7-6-16-53-4)21-31(23-36)26-49(34-10-11-34)43(50)39-25-48-15-14-37(39)32-8-12-35(13-9-32)55-17-18-56-42-40(46)19-28(2)20-41(42)47/h8-9,12-13,19-23,29,33-34,37-39,48H,5-7,10-11,14-18,24-27H2,1-4H3/t29-,33-,37+,38+,39-/m0/s1. The maximum Gasteiger partial charge on any atom is 0.347 e. The Hall–Kier alpha value is -4.03. The first-order chi connectivity index (χ1) is 28.0. The molecule has 3 aliphatic rings. The highest BCUT2D eigenvalue weighted by Crippen LogP contribution is 2.41. The highest BCUT2D eigenvalue weighted by molar-refractivity contribution is 6.37. The number of rotatable bonds is 21. The smallest absolute Gasteiger partial charge is 0.347 e. The quantitative estimate of drug-likeness (QED) is 0.0843. The molecule has 11 nitrogen and oxygen atoms in total. The predicted octanol–water partition coefficient (Wildman–Crippen LogP) is 7.73. The molecule has 2 aliphatic carbocycles. The van der Waals surface area contributed by atoms with Gasteiger partial charge in [-0.05, 0) is 130 Å². The number of piperidine rings is 1. The van der Waals surface area contributed by atoms with Crippen molar-refractivity contribution in [1.29, 1.82) is 0 Å². The first-order valence-corrected chi connectivity index (χ1v) is 21.2. The minimum atomic E-state index is -0.943. The molecule has 58 heavy (non-hydrogen) atoms. The van der Waals surface area contributed by atoms with Crippen LogP contribution in [0.4, 0.5) is 0 Å². The van der Waals surface area contributed by atoms with Gasteiger partial charge < -0.3 is 38.6 Å². The van der Waals surface area contributed by atoms with Gasteiger partial charge in [0, 0.05) is 38.8 Å². The molecule has 1 N–H and O–H groups in total. The normalized spacial score (nSPS) is 20.4. The zero-order valence-electron chi connectivity index (χ0n) is 33.9. The van der Waals surface area contributed by atoms with Gasteiger partial charge in [-0.3, -0.25) is 9.59 Å². The van der Waals surface area contributed by atoms with Crippen molar-refractivity contribution in [3.63, 3.8) is 0 Å². The van der Waals surface area contributed by atoms with Crippen molar-refractivity contribution in [2.45, 2.75) is 83.9 Å². The van der Waals surface area contributed by atoms with Crippen LogP contribution < -0.4 is 19.5 Å². The Morgan fingerprint density at radius 3 is 2.31 bits per heavy atom. The van der Waals surface area contributed by atoms with Crippen LogP contribution >= 0.6 is 23.2 Å². The Morgan fingerprint density at radius 1 is 0.879 bits per heavy atom. The summed E-state index contributed by atoms with van der Waals surface area (Å²) < 4.78 is 33.7.